The highest BCUT2D eigenvalue weighted by Crippen LogP contribution is 2.43. The van der Waals surface area contributed by atoms with Gasteiger partial charge in [-0.15, -0.1) is 22.7 Å². The molecule has 12 rings (SSSR count). The highest BCUT2D eigenvalue weighted by molar-refractivity contribution is 7.26. The SMILES string of the molecule is c1ccc(-c2nc(-c3ccccc3)nc(-c3ccc4c(c3)sc3cc(-c5ccc6c(c5)sc5cccc(-n7c8ccccc8c8ccccc87)c56)ccc34)n2)cc1. The van der Waals surface area contributed by atoms with E-state index in [1.54, 1.807) is 0 Å². The summed E-state index contributed by atoms with van der Waals surface area (Å²) in [6.45, 7) is 0. The van der Waals surface area contributed by atoms with Gasteiger partial charge < -0.3 is 4.57 Å². The highest BCUT2D eigenvalue weighted by Gasteiger charge is 2.18. The summed E-state index contributed by atoms with van der Waals surface area (Å²) in [4.78, 5) is 14.8. The monoisotopic (exact) mass is 762 g/mol. The van der Waals surface area contributed by atoms with E-state index >= 15 is 0 Å². The number of hydrogen-bond donors (Lipinski definition) is 0. The van der Waals surface area contributed by atoms with Crippen molar-refractivity contribution in [3.63, 3.8) is 0 Å². The van der Waals surface area contributed by atoms with Crippen molar-refractivity contribution < 1.29 is 0 Å². The van der Waals surface area contributed by atoms with Crippen molar-refractivity contribution in [2.24, 2.45) is 0 Å². The molecule has 0 N–H and O–H groups in total. The van der Waals surface area contributed by atoms with Crippen LogP contribution in [0.3, 0.4) is 0 Å². The predicted octanol–water partition coefficient (Wildman–Crippen LogP) is 14.4. The summed E-state index contributed by atoms with van der Waals surface area (Å²) in [5.41, 5.74) is 9.02. The van der Waals surface area contributed by atoms with E-state index in [2.05, 4.69) is 126 Å². The lowest BCUT2D eigenvalue weighted by Gasteiger charge is -2.10. The van der Waals surface area contributed by atoms with Crippen LogP contribution < -0.4 is 0 Å². The smallest absolute Gasteiger partial charge is 0.164 e. The molecule has 4 nitrogen and oxygen atoms in total. The van der Waals surface area contributed by atoms with Crippen LogP contribution in [0.1, 0.15) is 0 Å². The number of nitrogens with zero attached hydrogens (tertiary/aromatic N) is 4. The van der Waals surface area contributed by atoms with E-state index in [1.165, 1.54) is 79.0 Å². The van der Waals surface area contributed by atoms with Gasteiger partial charge in [0, 0.05) is 67.8 Å². The topological polar surface area (TPSA) is 43.6 Å². The fourth-order valence-electron chi connectivity index (χ4n) is 8.39. The molecule has 0 amide bonds. The molecule has 0 bridgehead atoms. The maximum atomic E-state index is 4.98. The number of aromatic nitrogens is 4. The van der Waals surface area contributed by atoms with E-state index < -0.39 is 0 Å². The van der Waals surface area contributed by atoms with E-state index in [0.717, 1.165) is 16.7 Å². The van der Waals surface area contributed by atoms with Gasteiger partial charge in [-0.3, -0.25) is 0 Å². The zero-order valence-corrected chi connectivity index (χ0v) is 32.1. The molecule has 0 aliphatic heterocycles. The molecule has 0 fully saturated rings. The van der Waals surface area contributed by atoms with Crippen molar-refractivity contribution in [3.8, 4) is 51.0 Å². The summed E-state index contributed by atoms with van der Waals surface area (Å²) in [5.74, 6) is 2.00. The molecule has 12 aromatic rings. The number of hydrogen-bond acceptors (Lipinski definition) is 5. The molecule has 0 radical (unpaired) electrons. The zero-order chi connectivity index (χ0) is 37.5. The number of fused-ring (bicyclic) bond motifs is 9. The van der Waals surface area contributed by atoms with Gasteiger partial charge in [0.2, 0.25) is 0 Å². The van der Waals surface area contributed by atoms with Gasteiger partial charge in [-0.05, 0) is 53.6 Å². The number of rotatable bonds is 5. The maximum absolute atomic E-state index is 4.98. The summed E-state index contributed by atoms with van der Waals surface area (Å²) in [7, 11) is 0. The lowest BCUT2D eigenvalue weighted by atomic mass is 10.0. The van der Waals surface area contributed by atoms with E-state index in [0.29, 0.717) is 17.5 Å². The van der Waals surface area contributed by atoms with Gasteiger partial charge in [0.25, 0.3) is 0 Å². The molecule has 8 aromatic carbocycles. The van der Waals surface area contributed by atoms with Crippen LogP contribution in [-0.4, -0.2) is 19.5 Å². The predicted molar refractivity (Wildman–Crippen MR) is 242 cm³/mol. The highest BCUT2D eigenvalue weighted by atomic mass is 32.1. The second kappa shape index (κ2) is 12.8. The van der Waals surface area contributed by atoms with Gasteiger partial charge in [-0.2, -0.15) is 0 Å². The quantitative estimate of drug-likeness (QED) is 0.175. The molecule has 0 atom stereocenters. The number of benzene rings is 8. The minimum atomic E-state index is 0.666. The molecule has 0 saturated heterocycles. The second-order valence-corrected chi connectivity index (χ2v) is 16.6. The third kappa shape index (κ3) is 5.22. The molecule has 57 heavy (non-hydrogen) atoms. The lowest BCUT2D eigenvalue weighted by molar-refractivity contribution is 1.07. The number of thiophene rings is 2. The van der Waals surface area contributed by atoms with Crippen LogP contribution in [0, 0.1) is 0 Å². The Balaban J connectivity index is 0.946. The number of para-hydroxylation sites is 2. The first-order valence-electron chi connectivity index (χ1n) is 19.0. The average molecular weight is 763 g/mol. The van der Waals surface area contributed by atoms with Crippen molar-refractivity contribution >= 4 is 84.8 Å². The first-order valence-corrected chi connectivity index (χ1v) is 20.6. The van der Waals surface area contributed by atoms with Gasteiger partial charge in [0.05, 0.1) is 16.7 Å². The van der Waals surface area contributed by atoms with Gasteiger partial charge in [0.1, 0.15) is 0 Å². The van der Waals surface area contributed by atoms with E-state index in [4.69, 9.17) is 15.0 Å². The fraction of sp³-hybridized carbons (Fsp3) is 0. The Hall–Kier alpha value is -6.99. The van der Waals surface area contributed by atoms with Gasteiger partial charge >= 0.3 is 0 Å². The van der Waals surface area contributed by atoms with Crippen LogP contribution in [0.25, 0.3) is 113 Å². The Bertz CT molecular complexity index is 3410. The molecule has 6 heteroatoms. The average Bonchev–Trinajstić information content (AvgIpc) is 3.95. The van der Waals surface area contributed by atoms with Gasteiger partial charge in [0.15, 0.2) is 17.5 Å². The van der Waals surface area contributed by atoms with E-state index in [9.17, 15) is 0 Å². The maximum Gasteiger partial charge on any atom is 0.164 e. The lowest BCUT2D eigenvalue weighted by Crippen LogP contribution is -1.99. The summed E-state index contributed by atoms with van der Waals surface area (Å²) in [6, 6.07) is 65.0. The normalized spacial score (nSPS) is 11.9. The Morgan fingerprint density at radius 3 is 1.37 bits per heavy atom. The van der Waals surface area contributed by atoms with Gasteiger partial charge in [-0.25, -0.2) is 15.0 Å². The molecule has 0 unspecified atom stereocenters. The molecular weight excluding hydrogens is 733 g/mol. The fourth-order valence-corrected chi connectivity index (χ4v) is 10.7. The third-order valence-electron chi connectivity index (χ3n) is 11.1. The second-order valence-electron chi connectivity index (χ2n) is 14.4. The molecule has 0 saturated carbocycles. The standard InChI is InChI=1S/C51H30N4S2/c1-3-12-31(13-4-1)49-52-50(32-14-5-2-6-15-32)54-51(53-49)35-24-26-39-38-25-22-33(28-45(38)57-46(39)30-35)34-23-27-40-47(29-34)56-44-21-11-20-43(48(40)44)55-41-18-9-7-16-36(41)37-17-8-10-19-42(37)55/h1-30H. The summed E-state index contributed by atoms with van der Waals surface area (Å²) >= 11 is 3.69. The summed E-state index contributed by atoms with van der Waals surface area (Å²) in [6.07, 6.45) is 0. The zero-order valence-electron chi connectivity index (χ0n) is 30.4. The summed E-state index contributed by atoms with van der Waals surface area (Å²) in [5, 5.41) is 7.64. The molecule has 0 aliphatic carbocycles. The minimum absolute atomic E-state index is 0.666. The first-order chi connectivity index (χ1) is 28.2. The van der Waals surface area contributed by atoms with Gasteiger partial charge in [-0.1, -0.05) is 140 Å². The molecular formula is C51H30N4S2. The van der Waals surface area contributed by atoms with Crippen molar-refractivity contribution in [1.29, 1.82) is 0 Å². The van der Waals surface area contributed by atoms with Crippen LogP contribution in [0.4, 0.5) is 0 Å². The molecule has 4 aromatic heterocycles. The van der Waals surface area contributed by atoms with Crippen molar-refractivity contribution in [1.82, 2.24) is 19.5 Å². The Morgan fingerprint density at radius 1 is 0.316 bits per heavy atom. The van der Waals surface area contributed by atoms with Crippen molar-refractivity contribution in [3.05, 3.63) is 182 Å². The Kier molecular flexibility index (Phi) is 7.24. The van der Waals surface area contributed by atoms with Crippen LogP contribution in [-0.2, 0) is 0 Å². The Labute approximate surface area is 335 Å². The molecule has 4 heterocycles. The van der Waals surface area contributed by atoms with Crippen LogP contribution >= 0.6 is 22.7 Å². The summed E-state index contributed by atoms with van der Waals surface area (Å²) < 4.78 is 7.50. The Morgan fingerprint density at radius 2 is 0.772 bits per heavy atom. The van der Waals surface area contributed by atoms with Crippen LogP contribution in [0.2, 0.25) is 0 Å². The van der Waals surface area contributed by atoms with Crippen LogP contribution in [0.15, 0.2) is 182 Å². The van der Waals surface area contributed by atoms with Crippen molar-refractivity contribution in [2.45, 2.75) is 0 Å². The van der Waals surface area contributed by atoms with E-state index in [-0.39, 0.29) is 0 Å². The molecule has 0 spiro atoms. The first kappa shape index (κ1) is 32.3. The van der Waals surface area contributed by atoms with E-state index in [1.807, 2.05) is 83.3 Å². The molecule has 0 aliphatic rings. The minimum Gasteiger partial charge on any atom is -0.309 e. The third-order valence-corrected chi connectivity index (χ3v) is 13.3. The largest absolute Gasteiger partial charge is 0.309 e. The molecule has 266 valence electrons. The van der Waals surface area contributed by atoms with Crippen LogP contribution in [0.5, 0.6) is 0 Å². The van der Waals surface area contributed by atoms with Crippen molar-refractivity contribution in [2.75, 3.05) is 0 Å².